The summed E-state index contributed by atoms with van der Waals surface area (Å²) in [5, 5.41) is 10.7. The summed E-state index contributed by atoms with van der Waals surface area (Å²) >= 11 is 0. The van der Waals surface area contributed by atoms with Crippen molar-refractivity contribution in [1.82, 2.24) is 15.6 Å². The Hall–Kier alpha value is -3.42. The van der Waals surface area contributed by atoms with Gasteiger partial charge in [0, 0.05) is 16.7 Å². The van der Waals surface area contributed by atoms with Crippen molar-refractivity contribution in [3.63, 3.8) is 0 Å². The van der Waals surface area contributed by atoms with E-state index in [1.54, 1.807) is 0 Å². The van der Waals surface area contributed by atoms with Gasteiger partial charge >= 0.3 is 6.18 Å². The molecule has 1 amide bonds. The van der Waals surface area contributed by atoms with Gasteiger partial charge in [-0.05, 0) is 24.5 Å². The number of hydrazone groups is 1. The van der Waals surface area contributed by atoms with Gasteiger partial charge in [-0.2, -0.15) is 23.4 Å². The second kappa shape index (κ2) is 6.95. The molecule has 0 atom stereocenters. The molecule has 1 heterocycles. The smallest absolute Gasteiger partial charge is 0.272 e. The summed E-state index contributed by atoms with van der Waals surface area (Å²) in [6, 6.07) is 12.9. The van der Waals surface area contributed by atoms with Crippen molar-refractivity contribution in [1.29, 1.82) is 0 Å². The third-order valence-corrected chi connectivity index (χ3v) is 4.65. The number of nitrogens with zero attached hydrogens (tertiary/aromatic N) is 2. The minimum atomic E-state index is -4.50. The van der Waals surface area contributed by atoms with E-state index in [2.05, 4.69) is 20.7 Å². The van der Waals surface area contributed by atoms with Gasteiger partial charge in [0.2, 0.25) is 0 Å². The number of alkyl halides is 3. The molecule has 2 aromatic carbocycles. The van der Waals surface area contributed by atoms with Crippen LogP contribution in [0.1, 0.15) is 32.7 Å². The highest BCUT2D eigenvalue weighted by atomic mass is 19.4. The van der Waals surface area contributed by atoms with Gasteiger partial charge in [-0.15, -0.1) is 0 Å². The van der Waals surface area contributed by atoms with Crippen LogP contribution in [-0.4, -0.2) is 22.3 Å². The molecule has 0 fully saturated rings. The zero-order chi connectivity index (χ0) is 19.7. The van der Waals surface area contributed by atoms with E-state index in [4.69, 9.17) is 0 Å². The SMILES string of the molecule is O=C(N/N=C\c1ccccc1C(F)(F)F)c1[nH]nc2c1CCc1ccccc1-2. The molecule has 0 aliphatic heterocycles. The number of aromatic nitrogens is 2. The van der Waals surface area contributed by atoms with Gasteiger partial charge in [0.25, 0.3) is 5.91 Å². The first-order valence-electron chi connectivity index (χ1n) is 8.60. The highest BCUT2D eigenvalue weighted by Gasteiger charge is 2.32. The molecule has 4 rings (SSSR count). The van der Waals surface area contributed by atoms with E-state index in [9.17, 15) is 18.0 Å². The second-order valence-electron chi connectivity index (χ2n) is 6.37. The van der Waals surface area contributed by atoms with Crippen LogP contribution in [0.25, 0.3) is 11.3 Å². The average molecular weight is 384 g/mol. The number of amides is 1. The molecule has 142 valence electrons. The fourth-order valence-electron chi connectivity index (χ4n) is 3.33. The first-order chi connectivity index (χ1) is 13.4. The quantitative estimate of drug-likeness (QED) is 0.530. The van der Waals surface area contributed by atoms with Gasteiger partial charge in [-0.3, -0.25) is 9.89 Å². The molecule has 0 saturated carbocycles. The summed E-state index contributed by atoms with van der Waals surface area (Å²) in [6.45, 7) is 0. The maximum absolute atomic E-state index is 13.0. The average Bonchev–Trinajstić information content (AvgIpc) is 3.12. The number of rotatable bonds is 3. The molecule has 5 nitrogen and oxygen atoms in total. The maximum Gasteiger partial charge on any atom is 0.417 e. The highest BCUT2D eigenvalue weighted by Crippen LogP contribution is 2.33. The van der Waals surface area contributed by atoms with Gasteiger partial charge in [-0.25, -0.2) is 5.43 Å². The van der Waals surface area contributed by atoms with E-state index in [0.717, 1.165) is 41.1 Å². The second-order valence-corrected chi connectivity index (χ2v) is 6.37. The molecule has 0 unspecified atom stereocenters. The predicted octanol–water partition coefficient (Wildman–Crippen LogP) is 3.96. The van der Waals surface area contributed by atoms with Crippen molar-refractivity contribution in [2.75, 3.05) is 0 Å². The number of hydrogen-bond donors (Lipinski definition) is 2. The Balaban J connectivity index is 1.54. The number of fused-ring (bicyclic) bond motifs is 3. The van der Waals surface area contributed by atoms with Crippen LogP contribution in [0.15, 0.2) is 53.6 Å². The van der Waals surface area contributed by atoms with E-state index in [1.807, 2.05) is 24.3 Å². The summed E-state index contributed by atoms with van der Waals surface area (Å²) in [5.41, 5.74) is 5.24. The standard InChI is InChI=1S/C20H15F3N4O/c21-20(22,23)16-8-4-2-6-13(16)11-24-27-19(28)18-15-10-9-12-5-1-3-7-14(12)17(15)25-26-18/h1-8,11H,9-10H2,(H,25,26)(H,27,28)/b24-11-. The van der Waals surface area contributed by atoms with Crippen molar-refractivity contribution >= 4 is 12.1 Å². The number of aromatic amines is 1. The minimum Gasteiger partial charge on any atom is -0.272 e. The first kappa shape index (κ1) is 18.0. The van der Waals surface area contributed by atoms with E-state index in [0.29, 0.717) is 6.42 Å². The van der Waals surface area contributed by atoms with Crippen molar-refractivity contribution in [2.24, 2.45) is 5.10 Å². The molecule has 0 spiro atoms. The maximum atomic E-state index is 13.0. The number of nitrogens with one attached hydrogen (secondary N) is 2. The van der Waals surface area contributed by atoms with Crippen molar-refractivity contribution in [3.8, 4) is 11.3 Å². The molecule has 1 aliphatic carbocycles. The van der Waals surface area contributed by atoms with E-state index in [-0.39, 0.29) is 11.3 Å². The van der Waals surface area contributed by atoms with Gasteiger partial charge in [0.15, 0.2) is 0 Å². The Morgan fingerprint density at radius 1 is 1.11 bits per heavy atom. The molecule has 28 heavy (non-hydrogen) atoms. The molecule has 3 aromatic rings. The lowest BCUT2D eigenvalue weighted by atomic mass is 9.89. The number of benzene rings is 2. The lowest BCUT2D eigenvalue weighted by molar-refractivity contribution is -0.137. The Bertz CT molecular complexity index is 1070. The minimum absolute atomic E-state index is 0.129. The zero-order valence-electron chi connectivity index (χ0n) is 14.5. The topological polar surface area (TPSA) is 70.1 Å². The van der Waals surface area contributed by atoms with Crippen LogP contribution in [0.5, 0.6) is 0 Å². The molecule has 8 heteroatoms. The van der Waals surface area contributed by atoms with Crippen LogP contribution < -0.4 is 5.43 Å². The Kier molecular flexibility index (Phi) is 4.46. The summed E-state index contributed by atoms with van der Waals surface area (Å²) in [4.78, 5) is 12.4. The monoisotopic (exact) mass is 384 g/mol. The van der Waals surface area contributed by atoms with E-state index >= 15 is 0 Å². The van der Waals surface area contributed by atoms with Crippen molar-refractivity contribution < 1.29 is 18.0 Å². The van der Waals surface area contributed by atoms with E-state index < -0.39 is 17.6 Å². The number of carbonyl (C=O) groups excluding carboxylic acids is 1. The Morgan fingerprint density at radius 3 is 2.68 bits per heavy atom. The van der Waals surface area contributed by atoms with Crippen LogP contribution in [0, 0.1) is 0 Å². The van der Waals surface area contributed by atoms with Crippen LogP contribution in [0.2, 0.25) is 0 Å². The Labute approximate surface area is 158 Å². The van der Waals surface area contributed by atoms with Crippen LogP contribution in [-0.2, 0) is 19.0 Å². The predicted molar refractivity (Wildman–Crippen MR) is 97.9 cm³/mol. The lowest BCUT2D eigenvalue weighted by Crippen LogP contribution is -2.20. The van der Waals surface area contributed by atoms with Crippen LogP contribution in [0.3, 0.4) is 0 Å². The molecule has 1 aliphatic rings. The third-order valence-electron chi connectivity index (χ3n) is 4.65. The zero-order valence-corrected chi connectivity index (χ0v) is 14.5. The van der Waals surface area contributed by atoms with Gasteiger partial charge < -0.3 is 0 Å². The van der Waals surface area contributed by atoms with Crippen LogP contribution >= 0.6 is 0 Å². The summed E-state index contributed by atoms with van der Waals surface area (Å²) in [5.74, 6) is -0.547. The fourth-order valence-corrected chi connectivity index (χ4v) is 3.33. The van der Waals surface area contributed by atoms with E-state index in [1.165, 1.54) is 18.2 Å². The number of hydrogen-bond acceptors (Lipinski definition) is 3. The molecule has 0 radical (unpaired) electrons. The van der Waals surface area contributed by atoms with Crippen LogP contribution in [0.4, 0.5) is 13.2 Å². The molecule has 2 N–H and O–H groups in total. The van der Waals surface area contributed by atoms with Crippen molar-refractivity contribution in [3.05, 3.63) is 76.5 Å². The molecular weight excluding hydrogens is 369 g/mol. The summed E-state index contributed by atoms with van der Waals surface area (Å²) in [7, 11) is 0. The third kappa shape index (κ3) is 3.28. The number of aryl methyl sites for hydroxylation is 1. The lowest BCUT2D eigenvalue weighted by Gasteiger charge is -2.15. The number of carbonyl (C=O) groups is 1. The van der Waals surface area contributed by atoms with Gasteiger partial charge in [-0.1, -0.05) is 42.5 Å². The normalized spacial score (nSPS) is 13.2. The number of H-pyrrole nitrogens is 1. The summed E-state index contributed by atoms with van der Waals surface area (Å²) < 4.78 is 39.0. The highest BCUT2D eigenvalue weighted by molar-refractivity contribution is 5.96. The Morgan fingerprint density at radius 2 is 1.86 bits per heavy atom. The van der Waals surface area contributed by atoms with Gasteiger partial charge in [0.05, 0.1) is 17.5 Å². The van der Waals surface area contributed by atoms with Crippen molar-refractivity contribution in [2.45, 2.75) is 19.0 Å². The molecule has 0 bridgehead atoms. The first-order valence-corrected chi connectivity index (χ1v) is 8.60. The molecule has 1 aromatic heterocycles. The summed E-state index contributed by atoms with van der Waals surface area (Å²) in [6.07, 6.45) is -2.08. The molecular formula is C20H15F3N4O. The van der Waals surface area contributed by atoms with Gasteiger partial charge in [0.1, 0.15) is 5.69 Å². The number of halogens is 3. The fraction of sp³-hybridized carbons (Fsp3) is 0.150. The molecule has 0 saturated heterocycles. The largest absolute Gasteiger partial charge is 0.417 e.